The molecule has 0 bridgehead atoms. The molecule has 148 valence electrons. The molecule has 8 heteroatoms. The van der Waals surface area contributed by atoms with Crippen LogP contribution in [0.2, 0.25) is 0 Å². The van der Waals surface area contributed by atoms with Crippen LogP contribution in [0.15, 0.2) is 36.4 Å². The number of carbonyl (C=O) groups excluding carboxylic acids is 2. The summed E-state index contributed by atoms with van der Waals surface area (Å²) < 4.78 is 21.0. The highest BCUT2D eigenvalue weighted by Gasteiger charge is 2.18. The molecule has 0 aliphatic carbocycles. The van der Waals surface area contributed by atoms with Crippen LogP contribution in [0.3, 0.4) is 0 Å². The van der Waals surface area contributed by atoms with E-state index in [2.05, 4.69) is 5.32 Å². The zero-order valence-corrected chi connectivity index (χ0v) is 16.0. The van der Waals surface area contributed by atoms with Gasteiger partial charge in [-0.2, -0.15) is 0 Å². The van der Waals surface area contributed by atoms with Crippen LogP contribution in [-0.4, -0.2) is 45.9 Å². The Labute approximate surface area is 162 Å². The van der Waals surface area contributed by atoms with Crippen LogP contribution in [0.4, 0.5) is 5.69 Å². The SMILES string of the molecule is COc1cc(OC)cc(C(=O)NCCN(C(C)=O)c2ccc3c(c2)OCO3)c1. The third-order valence-electron chi connectivity index (χ3n) is 4.28. The lowest BCUT2D eigenvalue weighted by molar-refractivity contribution is -0.116. The zero-order chi connectivity index (χ0) is 20.1. The van der Waals surface area contributed by atoms with E-state index in [9.17, 15) is 9.59 Å². The van der Waals surface area contributed by atoms with Crippen LogP contribution < -0.4 is 29.2 Å². The van der Waals surface area contributed by atoms with Gasteiger partial charge in [0.25, 0.3) is 5.91 Å². The number of methoxy groups -OCH3 is 2. The van der Waals surface area contributed by atoms with Crippen LogP contribution in [0, 0.1) is 0 Å². The average molecular weight is 386 g/mol. The summed E-state index contributed by atoms with van der Waals surface area (Å²) in [5.74, 6) is 1.86. The van der Waals surface area contributed by atoms with E-state index in [-0.39, 0.29) is 25.2 Å². The number of benzene rings is 2. The van der Waals surface area contributed by atoms with Crippen LogP contribution in [0.25, 0.3) is 0 Å². The van der Waals surface area contributed by atoms with Crippen molar-refractivity contribution in [2.24, 2.45) is 0 Å². The van der Waals surface area contributed by atoms with E-state index >= 15 is 0 Å². The molecule has 0 radical (unpaired) electrons. The van der Waals surface area contributed by atoms with E-state index in [0.717, 1.165) is 0 Å². The van der Waals surface area contributed by atoms with Crippen molar-refractivity contribution in [3.63, 3.8) is 0 Å². The van der Waals surface area contributed by atoms with Gasteiger partial charge in [0.05, 0.1) is 14.2 Å². The van der Waals surface area contributed by atoms with E-state index < -0.39 is 0 Å². The van der Waals surface area contributed by atoms with Crippen molar-refractivity contribution >= 4 is 17.5 Å². The highest BCUT2D eigenvalue weighted by molar-refractivity contribution is 5.95. The Morgan fingerprint density at radius 1 is 1.04 bits per heavy atom. The largest absolute Gasteiger partial charge is 0.497 e. The molecule has 0 aromatic heterocycles. The van der Waals surface area contributed by atoms with Crippen LogP contribution in [-0.2, 0) is 4.79 Å². The second-order valence-corrected chi connectivity index (χ2v) is 6.07. The summed E-state index contributed by atoms with van der Waals surface area (Å²) in [6.45, 7) is 2.21. The maximum absolute atomic E-state index is 12.5. The van der Waals surface area contributed by atoms with Crippen LogP contribution in [0.5, 0.6) is 23.0 Å². The van der Waals surface area contributed by atoms with Gasteiger partial charge < -0.3 is 29.2 Å². The predicted octanol–water partition coefficient (Wildman–Crippen LogP) is 2.22. The number of anilines is 1. The molecule has 2 aromatic carbocycles. The first kappa shape index (κ1) is 19.3. The average Bonchev–Trinajstić information content (AvgIpc) is 3.18. The van der Waals surface area contributed by atoms with Gasteiger partial charge in [0, 0.05) is 43.4 Å². The second-order valence-electron chi connectivity index (χ2n) is 6.07. The monoisotopic (exact) mass is 386 g/mol. The van der Waals surface area contributed by atoms with Gasteiger partial charge in [-0.3, -0.25) is 9.59 Å². The van der Waals surface area contributed by atoms with Gasteiger partial charge in [-0.1, -0.05) is 0 Å². The molecule has 0 atom stereocenters. The molecule has 0 saturated carbocycles. The maximum Gasteiger partial charge on any atom is 0.251 e. The number of nitrogens with one attached hydrogen (secondary N) is 1. The second kappa shape index (κ2) is 8.51. The Kier molecular flexibility index (Phi) is 5.88. The molecule has 1 N–H and O–H groups in total. The first-order valence-electron chi connectivity index (χ1n) is 8.71. The Hall–Kier alpha value is -3.42. The van der Waals surface area contributed by atoms with Crippen molar-refractivity contribution in [2.45, 2.75) is 6.92 Å². The number of ether oxygens (including phenoxy) is 4. The van der Waals surface area contributed by atoms with Crippen LogP contribution >= 0.6 is 0 Å². The zero-order valence-electron chi connectivity index (χ0n) is 16.0. The van der Waals surface area contributed by atoms with Crippen molar-refractivity contribution in [3.8, 4) is 23.0 Å². The summed E-state index contributed by atoms with van der Waals surface area (Å²) in [4.78, 5) is 26.1. The Bertz CT molecular complexity index is 861. The molecule has 1 aliphatic heterocycles. The Morgan fingerprint density at radius 2 is 1.71 bits per heavy atom. The molecule has 2 aromatic rings. The summed E-state index contributed by atoms with van der Waals surface area (Å²) in [5.41, 5.74) is 1.09. The first-order chi connectivity index (χ1) is 13.5. The summed E-state index contributed by atoms with van der Waals surface area (Å²) in [5, 5.41) is 2.81. The number of rotatable bonds is 7. The topological polar surface area (TPSA) is 86.3 Å². The standard InChI is InChI=1S/C20H22N2O6/c1-13(23)22(15-4-5-18-19(10-15)28-12-27-18)7-6-21-20(24)14-8-16(25-2)11-17(9-14)26-3/h4-5,8-11H,6-7,12H2,1-3H3,(H,21,24). The third kappa shape index (κ3) is 4.28. The number of amides is 2. The van der Waals surface area contributed by atoms with Gasteiger partial charge >= 0.3 is 0 Å². The van der Waals surface area contributed by atoms with Gasteiger partial charge in [-0.15, -0.1) is 0 Å². The van der Waals surface area contributed by atoms with Gasteiger partial charge in [-0.25, -0.2) is 0 Å². The van der Waals surface area contributed by atoms with Gasteiger partial charge in [0.15, 0.2) is 11.5 Å². The van der Waals surface area contributed by atoms with E-state index in [1.54, 1.807) is 41.3 Å². The summed E-state index contributed by atoms with van der Waals surface area (Å²) in [7, 11) is 3.04. The summed E-state index contributed by atoms with van der Waals surface area (Å²) >= 11 is 0. The van der Waals surface area contributed by atoms with Crippen molar-refractivity contribution in [3.05, 3.63) is 42.0 Å². The molecule has 0 fully saturated rings. The minimum atomic E-state index is -0.286. The molecule has 28 heavy (non-hydrogen) atoms. The lowest BCUT2D eigenvalue weighted by atomic mass is 10.2. The number of hydrogen-bond donors (Lipinski definition) is 1. The van der Waals surface area contributed by atoms with Crippen molar-refractivity contribution < 1.29 is 28.5 Å². The lowest BCUT2D eigenvalue weighted by Crippen LogP contribution is -2.37. The normalized spacial score (nSPS) is 11.7. The number of fused-ring (bicyclic) bond motifs is 1. The quantitative estimate of drug-likeness (QED) is 0.785. The van der Waals surface area contributed by atoms with E-state index in [0.29, 0.717) is 40.8 Å². The van der Waals surface area contributed by atoms with E-state index in [1.165, 1.54) is 21.1 Å². The molecule has 1 heterocycles. The number of carbonyl (C=O) groups is 2. The number of nitrogens with zero attached hydrogens (tertiary/aromatic N) is 1. The molecule has 0 spiro atoms. The fourth-order valence-electron chi connectivity index (χ4n) is 2.84. The summed E-state index contributed by atoms with van der Waals surface area (Å²) in [6, 6.07) is 10.2. The molecule has 2 amide bonds. The molecular formula is C20H22N2O6. The van der Waals surface area contributed by atoms with Crippen LogP contribution in [0.1, 0.15) is 17.3 Å². The maximum atomic E-state index is 12.5. The minimum Gasteiger partial charge on any atom is -0.497 e. The molecule has 0 unspecified atom stereocenters. The van der Waals surface area contributed by atoms with Crippen molar-refractivity contribution in [1.29, 1.82) is 0 Å². The molecule has 1 aliphatic rings. The van der Waals surface area contributed by atoms with Gasteiger partial charge in [0.1, 0.15) is 11.5 Å². The molecule has 0 saturated heterocycles. The highest BCUT2D eigenvalue weighted by Crippen LogP contribution is 2.35. The fourth-order valence-corrected chi connectivity index (χ4v) is 2.84. The van der Waals surface area contributed by atoms with Crippen molar-refractivity contribution in [1.82, 2.24) is 5.32 Å². The lowest BCUT2D eigenvalue weighted by Gasteiger charge is -2.21. The van der Waals surface area contributed by atoms with Gasteiger partial charge in [-0.05, 0) is 24.3 Å². The van der Waals surface area contributed by atoms with Crippen molar-refractivity contribution in [2.75, 3.05) is 39.0 Å². The predicted molar refractivity (Wildman–Crippen MR) is 102 cm³/mol. The van der Waals surface area contributed by atoms with Gasteiger partial charge in [0.2, 0.25) is 12.7 Å². The molecule has 8 nitrogen and oxygen atoms in total. The molecule has 3 rings (SSSR count). The minimum absolute atomic E-state index is 0.142. The Morgan fingerprint density at radius 3 is 2.36 bits per heavy atom. The number of hydrogen-bond acceptors (Lipinski definition) is 6. The smallest absolute Gasteiger partial charge is 0.251 e. The third-order valence-corrected chi connectivity index (χ3v) is 4.28. The highest BCUT2D eigenvalue weighted by atomic mass is 16.7. The fraction of sp³-hybridized carbons (Fsp3) is 0.300. The Balaban J connectivity index is 1.65. The molecular weight excluding hydrogens is 364 g/mol. The summed E-state index contributed by atoms with van der Waals surface area (Å²) in [6.07, 6.45) is 0. The van der Waals surface area contributed by atoms with E-state index in [1.807, 2.05) is 0 Å². The first-order valence-corrected chi connectivity index (χ1v) is 8.71. The van der Waals surface area contributed by atoms with E-state index in [4.69, 9.17) is 18.9 Å².